The molecule has 2 aliphatic heterocycles. The van der Waals surface area contributed by atoms with Gasteiger partial charge >= 0.3 is 23.9 Å². The Bertz CT molecular complexity index is 881. The van der Waals surface area contributed by atoms with Crippen molar-refractivity contribution >= 4 is 23.9 Å². The van der Waals surface area contributed by atoms with Gasteiger partial charge in [0.25, 0.3) is 0 Å². The van der Waals surface area contributed by atoms with Crippen molar-refractivity contribution in [2.75, 3.05) is 0 Å². The van der Waals surface area contributed by atoms with Crippen molar-refractivity contribution in [2.24, 2.45) is 0 Å². The summed E-state index contributed by atoms with van der Waals surface area (Å²) in [7, 11) is 0. The van der Waals surface area contributed by atoms with Gasteiger partial charge in [-0.05, 0) is 38.1 Å². The fourth-order valence-electron chi connectivity index (χ4n) is 2.75. The van der Waals surface area contributed by atoms with Gasteiger partial charge < -0.3 is 9.47 Å². The van der Waals surface area contributed by atoms with Gasteiger partial charge in [-0.15, -0.1) is 0 Å². The molecule has 2 heterocycles. The lowest BCUT2D eigenvalue weighted by molar-refractivity contribution is 0.0425. The van der Waals surface area contributed by atoms with Gasteiger partial charge in [-0.1, -0.05) is 70.2 Å². The summed E-state index contributed by atoms with van der Waals surface area (Å²) in [5, 5.41) is 0. The minimum atomic E-state index is -0.546. The normalized spacial score (nSPS) is 12.7. The van der Waals surface area contributed by atoms with Gasteiger partial charge in [0, 0.05) is 0 Å². The van der Waals surface area contributed by atoms with Crippen LogP contribution in [0.2, 0.25) is 0 Å². The largest absolute Gasteiger partial charge is 0.386 e. The second-order valence-electron chi connectivity index (χ2n) is 6.81. The molecule has 0 spiro atoms. The van der Waals surface area contributed by atoms with Crippen molar-refractivity contribution in [3.63, 3.8) is 0 Å². The smallest absolute Gasteiger partial charge is 0.346 e. The molecule has 2 aromatic carbocycles. The number of hydrogen-bond donors (Lipinski definition) is 0. The van der Waals surface area contributed by atoms with E-state index in [-0.39, 0.29) is 0 Å². The highest BCUT2D eigenvalue weighted by Gasteiger charge is 2.29. The minimum absolute atomic E-state index is 0.366. The number of benzene rings is 2. The van der Waals surface area contributed by atoms with Crippen LogP contribution in [0.3, 0.4) is 0 Å². The summed E-state index contributed by atoms with van der Waals surface area (Å²) in [6, 6.07) is 10.1. The lowest BCUT2D eigenvalue weighted by Gasteiger charge is -1.92. The molecule has 0 radical (unpaired) electrons. The van der Waals surface area contributed by atoms with Crippen LogP contribution < -0.4 is 0 Å². The van der Waals surface area contributed by atoms with E-state index in [1.807, 2.05) is 27.7 Å². The average molecular weight is 427 g/mol. The Hall–Kier alpha value is -3.28. The number of esters is 4. The Morgan fingerprint density at radius 3 is 1.19 bits per heavy atom. The molecule has 166 valence electrons. The predicted octanol–water partition coefficient (Wildman–Crippen LogP) is 5.83. The van der Waals surface area contributed by atoms with Gasteiger partial charge in [0.1, 0.15) is 0 Å². The first-order valence-electron chi connectivity index (χ1n) is 10.5. The summed E-state index contributed by atoms with van der Waals surface area (Å²) in [4.78, 5) is 43.9. The molecule has 0 saturated carbocycles. The van der Waals surface area contributed by atoms with Crippen molar-refractivity contribution < 1.29 is 28.7 Å². The van der Waals surface area contributed by atoms with Crippen molar-refractivity contribution in [1.82, 2.24) is 0 Å². The number of rotatable bonds is 2. The molecule has 0 N–H and O–H groups in total. The Labute approximate surface area is 183 Å². The van der Waals surface area contributed by atoms with Crippen LogP contribution in [0.1, 0.15) is 99.5 Å². The average Bonchev–Trinajstić information content (AvgIpc) is 3.19. The van der Waals surface area contributed by atoms with Gasteiger partial charge in [0.05, 0.1) is 22.3 Å². The first-order chi connectivity index (χ1) is 14.8. The second-order valence-corrected chi connectivity index (χ2v) is 6.81. The SMILES string of the molecule is CC.CCCCC.Cc1ccc2c(c1)C(=O)OC2=O.Cc1ccc2c(c1)C(=O)OC2=O. The molecule has 6 nitrogen and oxygen atoms in total. The summed E-state index contributed by atoms with van der Waals surface area (Å²) in [6.45, 7) is 12.1. The molecule has 0 bridgehead atoms. The number of ether oxygens (including phenoxy) is 2. The van der Waals surface area contributed by atoms with Crippen LogP contribution in [0.5, 0.6) is 0 Å². The van der Waals surface area contributed by atoms with Gasteiger partial charge in [0.15, 0.2) is 0 Å². The molecule has 0 aromatic heterocycles. The highest BCUT2D eigenvalue weighted by molar-refractivity contribution is 6.15. The molecule has 31 heavy (non-hydrogen) atoms. The molecule has 0 atom stereocenters. The molecule has 0 fully saturated rings. The van der Waals surface area contributed by atoms with Crippen molar-refractivity contribution in [2.45, 2.75) is 60.8 Å². The maximum absolute atomic E-state index is 11.0. The van der Waals surface area contributed by atoms with Gasteiger partial charge in [0.2, 0.25) is 0 Å². The molecule has 0 unspecified atom stereocenters. The topological polar surface area (TPSA) is 86.7 Å². The predicted molar refractivity (Wildman–Crippen MR) is 118 cm³/mol. The molecular weight excluding hydrogens is 396 g/mol. The number of carbonyl (C=O) groups is 4. The Kier molecular flexibility index (Phi) is 10.3. The van der Waals surface area contributed by atoms with E-state index in [0.29, 0.717) is 22.3 Å². The van der Waals surface area contributed by atoms with Crippen LogP contribution in [0.25, 0.3) is 0 Å². The third kappa shape index (κ3) is 6.88. The van der Waals surface area contributed by atoms with E-state index in [4.69, 9.17) is 0 Å². The van der Waals surface area contributed by atoms with Crippen molar-refractivity contribution in [3.05, 3.63) is 69.8 Å². The molecule has 4 rings (SSSR count). The monoisotopic (exact) mass is 426 g/mol. The van der Waals surface area contributed by atoms with Crippen LogP contribution in [0.4, 0.5) is 0 Å². The summed E-state index contributed by atoms with van der Waals surface area (Å²) in [5.74, 6) is -2.18. The van der Waals surface area contributed by atoms with Crippen molar-refractivity contribution in [1.29, 1.82) is 0 Å². The third-order valence-corrected chi connectivity index (χ3v) is 4.31. The Morgan fingerprint density at radius 2 is 0.903 bits per heavy atom. The number of carbonyl (C=O) groups excluding carboxylic acids is 4. The van der Waals surface area contributed by atoms with E-state index in [9.17, 15) is 19.2 Å². The van der Waals surface area contributed by atoms with Crippen LogP contribution >= 0.6 is 0 Å². The molecular formula is C25H30O6. The summed E-state index contributed by atoms with van der Waals surface area (Å²) < 4.78 is 8.82. The Morgan fingerprint density at radius 1 is 0.581 bits per heavy atom. The zero-order valence-corrected chi connectivity index (χ0v) is 19.0. The van der Waals surface area contributed by atoms with E-state index in [2.05, 4.69) is 23.3 Å². The van der Waals surface area contributed by atoms with E-state index in [1.165, 1.54) is 19.3 Å². The zero-order valence-electron chi connectivity index (χ0n) is 19.0. The molecule has 2 aliphatic rings. The summed E-state index contributed by atoms with van der Waals surface area (Å²) in [6.07, 6.45) is 4.08. The minimum Gasteiger partial charge on any atom is -0.386 e. The van der Waals surface area contributed by atoms with E-state index in [0.717, 1.165) is 11.1 Å². The summed E-state index contributed by atoms with van der Waals surface area (Å²) >= 11 is 0. The standard InChI is InChI=1S/2C9H6O3.C5H12.C2H6/c2*1-5-2-3-6-7(4-5)9(11)12-8(6)10;1-3-5-4-2;1-2/h2*2-4H,1H3;3-5H2,1-2H3;1-2H3. The number of unbranched alkanes of at least 4 members (excludes halogenated alkanes) is 2. The molecule has 0 amide bonds. The fourth-order valence-corrected chi connectivity index (χ4v) is 2.75. The number of hydrogen-bond acceptors (Lipinski definition) is 6. The highest BCUT2D eigenvalue weighted by Crippen LogP contribution is 2.21. The molecule has 6 heteroatoms. The van der Waals surface area contributed by atoms with Crippen LogP contribution in [-0.2, 0) is 9.47 Å². The van der Waals surface area contributed by atoms with Gasteiger partial charge in [-0.25, -0.2) is 19.2 Å². The second kappa shape index (κ2) is 12.4. The number of aryl methyl sites for hydroxylation is 2. The van der Waals surface area contributed by atoms with E-state index < -0.39 is 23.9 Å². The van der Waals surface area contributed by atoms with Gasteiger partial charge in [-0.2, -0.15) is 0 Å². The van der Waals surface area contributed by atoms with Crippen LogP contribution in [0, 0.1) is 13.8 Å². The van der Waals surface area contributed by atoms with Gasteiger partial charge in [-0.3, -0.25) is 0 Å². The van der Waals surface area contributed by atoms with Crippen molar-refractivity contribution in [3.8, 4) is 0 Å². The highest BCUT2D eigenvalue weighted by atomic mass is 16.6. The van der Waals surface area contributed by atoms with E-state index >= 15 is 0 Å². The molecule has 0 aliphatic carbocycles. The molecule has 0 saturated heterocycles. The zero-order chi connectivity index (χ0) is 23.6. The first kappa shape index (κ1) is 25.8. The first-order valence-corrected chi connectivity index (χ1v) is 10.5. The Balaban J connectivity index is 0.000000241. The number of cyclic esters (lactones) is 4. The quantitative estimate of drug-likeness (QED) is 0.443. The maximum atomic E-state index is 11.0. The van der Waals surface area contributed by atoms with Crippen LogP contribution in [0.15, 0.2) is 36.4 Å². The fraction of sp³-hybridized carbons (Fsp3) is 0.360. The van der Waals surface area contributed by atoms with E-state index in [1.54, 1.807) is 36.4 Å². The summed E-state index contributed by atoms with van der Waals surface area (Å²) in [5.41, 5.74) is 3.37. The number of fused-ring (bicyclic) bond motifs is 2. The molecule has 2 aromatic rings. The third-order valence-electron chi connectivity index (χ3n) is 4.31. The maximum Gasteiger partial charge on any atom is 0.346 e. The lowest BCUT2D eigenvalue weighted by Crippen LogP contribution is -1.96. The van der Waals surface area contributed by atoms with Crippen LogP contribution in [-0.4, -0.2) is 23.9 Å². The lowest BCUT2D eigenvalue weighted by atomic mass is 10.1.